The van der Waals surface area contributed by atoms with Crippen LogP contribution in [0, 0.1) is 0 Å². The SMILES string of the molecule is CCCNC(=O)CNC(=NC)NCC1CCCS1.I. The molecule has 1 heterocycles. The third kappa shape index (κ3) is 8.56. The molecular formula is C12H25IN4OS. The van der Waals surface area contributed by atoms with Crippen molar-refractivity contribution >= 4 is 47.6 Å². The highest BCUT2D eigenvalue weighted by Gasteiger charge is 2.15. The Bertz CT molecular complexity index is 283. The molecule has 0 radical (unpaired) electrons. The van der Waals surface area contributed by atoms with E-state index in [0.717, 1.165) is 19.5 Å². The van der Waals surface area contributed by atoms with E-state index in [2.05, 4.69) is 20.9 Å². The summed E-state index contributed by atoms with van der Waals surface area (Å²) in [6.07, 6.45) is 3.53. The number of nitrogens with zero attached hydrogens (tertiary/aromatic N) is 1. The van der Waals surface area contributed by atoms with Crippen LogP contribution < -0.4 is 16.0 Å². The molecule has 0 aliphatic carbocycles. The number of aliphatic imine (C=N–C) groups is 1. The fourth-order valence-corrected chi connectivity index (χ4v) is 2.93. The van der Waals surface area contributed by atoms with E-state index >= 15 is 0 Å². The molecule has 0 aromatic carbocycles. The van der Waals surface area contributed by atoms with Gasteiger partial charge in [0.15, 0.2) is 5.96 Å². The predicted molar refractivity (Wildman–Crippen MR) is 93.6 cm³/mol. The highest BCUT2D eigenvalue weighted by molar-refractivity contribution is 14.0. The van der Waals surface area contributed by atoms with Gasteiger partial charge in [0.1, 0.15) is 0 Å². The summed E-state index contributed by atoms with van der Waals surface area (Å²) in [6, 6.07) is 0. The maximum Gasteiger partial charge on any atom is 0.239 e. The second-order valence-corrected chi connectivity index (χ2v) is 5.70. The van der Waals surface area contributed by atoms with Gasteiger partial charge in [-0.1, -0.05) is 6.92 Å². The molecule has 1 aliphatic heterocycles. The van der Waals surface area contributed by atoms with Crippen LogP contribution in [-0.2, 0) is 4.79 Å². The molecule has 7 heteroatoms. The van der Waals surface area contributed by atoms with E-state index in [9.17, 15) is 4.79 Å². The number of thioether (sulfide) groups is 1. The number of rotatable bonds is 6. The van der Waals surface area contributed by atoms with Crippen molar-refractivity contribution in [3.8, 4) is 0 Å². The molecule has 0 aromatic rings. The minimum atomic E-state index is 0. The summed E-state index contributed by atoms with van der Waals surface area (Å²) < 4.78 is 0. The summed E-state index contributed by atoms with van der Waals surface area (Å²) in [5.41, 5.74) is 0. The van der Waals surface area contributed by atoms with E-state index in [4.69, 9.17) is 0 Å². The summed E-state index contributed by atoms with van der Waals surface area (Å²) in [7, 11) is 1.72. The van der Waals surface area contributed by atoms with Gasteiger partial charge in [0, 0.05) is 25.4 Å². The Morgan fingerprint density at radius 2 is 2.16 bits per heavy atom. The minimum Gasteiger partial charge on any atom is -0.355 e. The minimum absolute atomic E-state index is 0. The van der Waals surface area contributed by atoms with Crippen molar-refractivity contribution in [2.75, 3.05) is 32.4 Å². The predicted octanol–water partition coefficient (Wildman–Crippen LogP) is 1.19. The van der Waals surface area contributed by atoms with Crippen LogP contribution in [-0.4, -0.2) is 49.6 Å². The first-order chi connectivity index (χ1) is 8.76. The van der Waals surface area contributed by atoms with Crippen molar-refractivity contribution in [1.29, 1.82) is 0 Å². The van der Waals surface area contributed by atoms with Crippen molar-refractivity contribution in [2.24, 2.45) is 4.99 Å². The summed E-state index contributed by atoms with van der Waals surface area (Å²) in [4.78, 5) is 15.5. The molecular weight excluding hydrogens is 375 g/mol. The lowest BCUT2D eigenvalue weighted by Gasteiger charge is -2.14. The molecule has 1 unspecified atom stereocenters. The van der Waals surface area contributed by atoms with Gasteiger partial charge in [-0.3, -0.25) is 9.79 Å². The molecule has 0 aromatic heterocycles. The van der Waals surface area contributed by atoms with E-state index in [1.54, 1.807) is 7.05 Å². The quantitative estimate of drug-likeness (QED) is 0.356. The lowest BCUT2D eigenvalue weighted by atomic mass is 10.2. The summed E-state index contributed by atoms with van der Waals surface area (Å²) in [5.74, 6) is 1.97. The Balaban J connectivity index is 0.00000324. The van der Waals surface area contributed by atoms with Gasteiger partial charge in [-0.25, -0.2) is 0 Å². The summed E-state index contributed by atoms with van der Waals surface area (Å²) in [6.45, 7) is 3.96. The van der Waals surface area contributed by atoms with Crippen LogP contribution in [0.4, 0.5) is 0 Å². The van der Waals surface area contributed by atoms with E-state index in [0.29, 0.717) is 11.2 Å². The fraction of sp³-hybridized carbons (Fsp3) is 0.833. The molecule has 1 atom stereocenters. The monoisotopic (exact) mass is 400 g/mol. The lowest BCUT2D eigenvalue weighted by Crippen LogP contribution is -2.44. The van der Waals surface area contributed by atoms with Crippen molar-refractivity contribution in [3.05, 3.63) is 0 Å². The molecule has 0 spiro atoms. The van der Waals surface area contributed by atoms with Crippen LogP contribution in [0.15, 0.2) is 4.99 Å². The van der Waals surface area contributed by atoms with Crippen LogP contribution in [0.25, 0.3) is 0 Å². The topological polar surface area (TPSA) is 65.5 Å². The second-order valence-electron chi connectivity index (χ2n) is 4.29. The molecule has 1 saturated heterocycles. The largest absolute Gasteiger partial charge is 0.355 e. The summed E-state index contributed by atoms with van der Waals surface area (Å²) in [5, 5.41) is 9.78. The Morgan fingerprint density at radius 1 is 1.37 bits per heavy atom. The molecule has 5 nitrogen and oxygen atoms in total. The standard InChI is InChI=1S/C12H24N4OS.HI/c1-3-6-14-11(17)9-16-12(13-2)15-8-10-5-4-7-18-10;/h10H,3-9H2,1-2H3,(H,14,17)(H2,13,15,16);1H. The third-order valence-electron chi connectivity index (χ3n) is 2.73. The van der Waals surface area contributed by atoms with Gasteiger partial charge in [0.25, 0.3) is 0 Å². The van der Waals surface area contributed by atoms with Crippen LogP contribution in [0.1, 0.15) is 26.2 Å². The Labute approximate surface area is 137 Å². The van der Waals surface area contributed by atoms with Gasteiger partial charge in [-0.05, 0) is 25.0 Å². The maximum atomic E-state index is 11.4. The molecule has 3 N–H and O–H groups in total. The fourth-order valence-electron chi connectivity index (χ4n) is 1.73. The maximum absolute atomic E-state index is 11.4. The molecule has 1 rings (SSSR count). The number of nitrogens with one attached hydrogen (secondary N) is 3. The zero-order valence-electron chi connectivity index (χ0n) is 11.7. The number of carbonyl (C=O) groups is 1. The van der Waals surface area contributed by atoms with Crippen molar-refractivity contribution in [2.45, 2.75) is 31.4 Å². The molecule has 1 aliphatic rings. The zero-order valence-corrected chi connectivity index (χ0v) is 14.8. The number of amides is 1. The number of guanidine groups is 1. The first-order valence-electron chi connectivity index (χ1n) is 6.59. The van der Waals surface area contributed by atoms with E-state index < -0.39 is 0 Å². The average molecular weight is 400 g/mol. The summed E-state index contributed by atoms with van der Waals surface area (Å²) >= 11 is 2.01. The number of halogens is 1. The molecule has 1 amide bonds. The molecule has 19 heavy (non-hydrogen) atoms. The van der Waals surface area contributed by atoms with Crippen molar-refractivity contribution in [3.63, 3.8) is 0 Å². The number of carbonyl (C=O) groups excluding carboxylic acids is 1. The molecule has 0 saturated carbocycles. The third-order valence-corrected chi connectivity index (χ3v) is 4.13. The van der Waals surface area contributed by atoms with Gasteiger partial charge >= 0.3 is 0 Å². The van der Waals surface area contributed by atoms with E-state index in [-0.39, 0.29) is 36.4 Å². The van der Waals surface area contributed by atoms with Gasteiger partial charge in [-0.15, -0.1) is 24.0 Å². The lowest BCUT2D eigenvalue weighted by molar-refractivity contribution is -0.120. The first-order valence-corrected chi connectivity index (χ1v) is 7.64. The van der Waals surface area contributed by atoms with Crippen molar-refractivity contribution in [1.82, 2.24) is 16.0 Å². The number of hydrogen-bond acceptors (Lipinski definition) is 3. The van der Waals surface area contributed by atoms with Crippen LogP contribution >= 0.6 is 35.7 Å². The van der Waals surface area contributed by atoms with Gasteiger partial charge in [0.2, 0.25) is 5.91 Å². The highest BCUT2D eigenvalue weighted by atomic mass is 127. The van der Waals surface area contributed by atoms with Gasteiger partial charge in [0.05, 0.1) is 6.54 Å². The van der Waals surface area contributed by atoms with Gasteiger partial charge in [-0.2, -0.15) is 11.8 Å². The number of hydrogen-bond donors (Lipinski definition) is 3. The Morgan fingerprint density at radius 3 is 2.74 bits per heavy atom. The van der Waals surface area contributed by atoms with E-state index in [1.165, 1.54) is 18.6 Å². The molecule has 1 fully saturated rings. The smallest absolute Gasteiger partial charge is 0.239 e. The molecule has 112 valence electrons. The zero-order chi connectivity index (χ0) is 13.2. The van der Waals surface area contributed by atoms with Crippen LogP contribution in [0.3, 0.4) is 0 Å². The Kier molecular flexibility index (Phi) is 11.5. The van der Waals surface area contributed by atoms with Crippen LogP contribution in [0.5, 0.6) is 0 Å². The highest BCUT2D eigenvalue weighted by Crippen LogP contribution is 2.25. The first kappa shape index (κ1) is 18.8. The van der Waals surface area contributed by atoms with E-state index in [1.807, 2.05) is 18.7 Å². The average Bonchev–Trinajstić information content (AvgIpc) is 2.89. The van der Waals surface area contributed by atoms with Crippen LogP contribution in [0.2, 0.25) is 0 Å². The second kappa shape index (κ2) is 11.6. The Hall–Kier alpha value is -0.180. The van der Waals surface area contributed by atoms with Crippen molar-refractivity contribution < 1.29 is 4.79 Å². The molecule has 0 bridgehead atoms. The normalized spacial score (nSPS) is 18.6. The van der Waals surface area contributed by atoms with Gasteiger partial charge < -0.3 is 16.0 Å².